The highest BCUT2D eigenvalue weighted by atomic mass is 32.1. The molecule has 0 saturated carbocycles. The average Bonchev–Trinajstić information content (AvgIpc) is 3.23. The molecule has 24 heavy (non-hydrogen) atoms. The van der Waals surface area contributed by atoms with Gasteiger partial charge in [0.15, 0.2) is 0 Å². The van der Waals surface area contributed by atoms with Gasteiger partial charge in [-0.15, -0.1) is 21.5 Å². The molecule has 0 bridgehead atoms. The minimum absolute atomic E-state index is 0.158. The Morgan fingerprint density at radius 2 is 2.00 bits per heavy atom. The number of aromatic nitrogens is 4. The van der Waals surface area contributed by atoms with Crippen molar-refractivity contribution >= 4 is 17.2 Å². The van der Waals surface area contributed by atoms with Crippen molar-refractivity contribution in [3.8, 4) is 0 Å². The zero-order valence-corrected chi connectivity index (χ0v) is 14.3. The van der Waals surface area contributed by atoms with Crippen molar-refractivity contribution in [2.45, 2.75) is 26.3 Å². The van der Waals surface area contributed by atoms with Gasteiger partial charge in [-0.1, -0.05) is 30.3 Å². The molecular weight excluding hydrogens is 322 g/mol. The van der Waals surface area contributed by atoms with Crippen LogP contribution in [0, 0.1) is 6.92 Å². The summed E-state index contributed by atoms with van der Waals surface area (Å²) in [5.74, 6) is -0.158. The molecule has 0 radical (unpaired) electrons. The van der Waals surface area contributed by atoms with Crippen LogP contribution in [-0.2, 0) is 19.4 Å². The van der Waals surface area contributed by atoms with Crippen molar-refractivity contribution in [3.05, 3.63) is 63.9 Å². The highest BCUT2D eigenvalue weighted by Crippen LogP contribution is 2.08. The number of nitrogens with one attached hydrogen (secondary N) is 1. The minimum Gasteiger partial charge on any atom is -0.350 e. The third kappa shape index (κ3) is 4.48. The van der Waals surface area contributed by atoms with Gasteiger partial charge in [0.2, 0.25) is 0 Å². The lowest BCUT2D eigenvalue weighted by atomic mass is 10.2. The molecule has 3 aromatic rings. The molecule has 1 amide bonds. The first-order valence-electron chi connectivity index (χ1n) is 7.85. The summed E-state index contributed by atoms with van der Waals surface area (Å²) in [6.45, 7) is 3.20. The molecule has 0 saturated heterocycles. The van der Waals surface area contributed by atoms with Crippen LogP contribution >= 0.6 is 11.3 Å². The number of nitrogens with zero attached hydrogens (tertiary/aromatic N) is 4. The van der Waals surface area contributed by atoms with E-state index in [1.807, 2.05) is 31.3 Å². The van der Waals surface area contributed by atoms with Gasteiger partial charge in [-0.3, -0.25) is 9.48 Å². The summed E-state index contributed by atoms with van der Waals surface area (Å²) >= 11 is 1.55. The van der Waals surface area contributed by atoms with Crippen LogP contribution in [0.15, 0.2) is 42.6 Å². The molecule has 0 fully saturated rings. The topological polar surface area (TPSA) is 72.7 Å². The summed E-state index contributed by atoms with van der Waals surface area (Å²) in [5.41, 5.74) is 1.70. The van der Waals surface area contributed by atoms with Crippen molar-refractivity contribution in [1.82, 2.24) is 25.3 Å². The van der Waals surface area contributed by atoms with Gasteiger partial charge in [-0.25, -0.2) is 0 Å². The van der Waals surface area contributed by atoms with E-state index in [1.165, 1.54) is 5.56 Å². The molecule has 0 aliphatic carbocycles. The molecule has 2 heterocycles. The summed E-state index contributed by atoms with van der Waals surface area (Å²) in [7, 11) is 0. The van der Waals surface area contributed by atoms with Crippen LogP contribution < -0.4 is 5.32 Å². The van der Waals surface area contributed by atoms with E-state index in [-0.39, 0.29) is 5.91 Å². The lowest BCUT2D eigenvalue weighted by molar-refractivity contribution is 0.0948. The minimum atomic E-state index is -0.158. The summed E-state index contributed by atoms with van der Waals surface area (Å²) < 4.78 is 1.80. The smallest absolute Gasteiger partial charge is 0.271 e. The Morgan fingerprint density at radius 1 is 1.17 bits per heavy atom. The fourth-order valence-corrected chi connectivity index (χ4v) is 3.02. The number of carbonyl (C=O) groups excluding carboxylic acids is 1. The molecule has 0 aliphatic heterocycles. The van der Waals surface area contributed by atoms with Gasteiger partial charge in [0, 0.05) is 25.7 Å². The average molecular weight is 341 g/mol. The quantitative estimate of drug-likeness (QED) is 0.715. The van der Waals surface area contributed by atoms with Gasteiger partial charge in [-0.05, 0) is 25.0 Å². The van der Waals surface area contributed by atoms with E-state index < -0.39 is 0 Å². The van der Waals surface area contributed by atoms with E-state index in [1.54, 1.807) is 22.1 Å². The van der Waals surface area contributed by atoms with Gasteiger partial charge < -0.3 is 5.32 Å². The largest absolute Gasteiger partial charge is 0.350 e. The van der Waals surface area contributed by atoms with Gasteiger partial charge in [0.05, 0.1) is 0 Å². The van der Waals surface area contributed by atoms with E-state index in [0.29, 0.717) is 18.7 Å². The summed E-state index contributed by atoms with van der Waals surface area (Å²) in [4.78, 5) is 12.1. The van der Waals surface area contributed by atoms with Gasteiger partial charge in [-0.2, -0.15) is 5.10 Å². The number of hydrogen-bond acceptors (Lipinski definition) is 5. The Kier molecular flexibility index (Phi) is 5.32. The zero-order valence-electron chi connectivity index (χ0n) is 13.5. The second-order valence-corrected chi connectivity index (χ2v) is 6.69. The predicted molar refractivity (Wildman–Crippen MR) is 93.1 cm³/mol. The summed E-state index contributed by atoms with van der Waals surface area (Å²) in [6.07, 6.45) is 3.41. The number of amides is 1. The molecule has 0 aliphatic rings. The van der Waals surface area contributed by atoms with Crippen LogP contribution in [-0.4, -0.2) is 32.4 Å². The molecule has 6 nitrogen and oxygen atoms in total. The van der Waals surface area contributed by atoms with Crippen LogP contribution in [0.2, 0.25) is 0 Å². The molecule has 0 atom stereocenters. The lowest BCUT2D eigenvalue weighted by Crippen LogP contribution is -2.26. The van der Waals surface area contributed by atoms with E-state index in [9.17, 15) is 4.79 Å². The van der Waals surface area contributed by atoms with E-state index in [0.717, 1.165) is 23.0 Å². The first-order valence-corrected chi connectivity index (χ1v) is 8.67. The monoisotopic (exact) mass is 341 g/mol. The molecule has 7 heteroatoms. The predicted octanol–water partition coefficient (Wildman–Crippen LogP) is 2.26. The highest BCUT2D eigenvalue weighted by Gasteiger charge is 2.09. The van der Waals surface area contributed by atoms with Gasteiger partial charge in [0.25, 0.3) is 5.91 Å². The Bertz CT molecular complexity index is 796. The third-order valence-electron chi connectivity index (χ3n) is 3.54. The second-order valence-electron chi connectivity index (χ2n) is 5.42. The Morgan fingerprint density at radius 3 is 2.75 bits per heavy atom. The number of benzene rings is 1. The molecule has 3 rings (SSSR count). The van der Waals surface area contributed by atoms with Gasteiger partial charge >= 0.3 is 0 Å². The highest BCUT2D eigenvalue weighted by molar-refractivity contribution is 7.11. The summed E-state index contributed by atoms with van der Waals surface area (Å²) in [5, 5.41) is 17.1. The molecule has 0 spiro atoms. The molecular formula is C17H19N5OS. The zero-order chi connectivity index (χ0) is 16.8. The Balaban J connectivity index is 1.46. The van der Waals surface area contributed by atoms with E-state index in [2.05, 4.69) is 32.7 Å². The maximum Gasteiger partial charge on any atom is 0.271 e. The molecule has 124 valence electrons. The van der Waals surface area contributed by atoms with Crippen molar-refractivity contribution in [3.63, 3.8) is 0 Å². The standard InChI is InChI=1S/C17H19N5OS/c1-13-19-20-16(24-13)7-10-18-17(23)15-9-12-22(21-15)11-8-14-5-3-2-4-6-14/h2-6,9,12H,7-8,10-11H2,1H3,(H,18,23). The maximum atomic E-state index is 12.1. The molecule has 0 unspecified atom stereocenters. The molecule has 1 N–H and O–H groups in total. The first kappa shape index (κ1) is 16.3. The van der Waals surface area contributed by atoms with Crippen LogP contribution in [0.25, 0.3) is 0 Å². The fraction of sp³-hybridized carbons (Fsp3) is 0.294. The molecule has 1 aromatic carbocycles. The Labute approximate surface area is 144 Å². The van der Waals surface area contributed by atoms with Crippen LogP contribution in [0.5, 0.6) is 0 Å². The second kappa shape index (κ2) is 7.83. The maximum absolute atomic E-state index is 12.1. The third-order valence-corrected chi connectivity index (χ3v) is 4.44. The summed E-state index contributed by atoms with van der Waals surface area (Å²) in [6, 6.07) is 12.0. The number of aryl methyl sites for hydroxylation is 3. The van der Waals surface area contributed by atoms with Crippen molar-refractivity contribution < 1.29 is 4.79 Å². The van der Waals surface area contributed by atoms with E-state index >= 15 is 0 Å². The SMILES string of the molecule is Cc1nnc(CCNC(=O)c2ccn(CCc3ccccc3)n2)s1. The van der Waals surface area contributed by atoms with Crippen molar-refractivity contribution in [2.75, 3.05) is 6.54 Å². The van der Waals surface area contributed by atoms with Crippen molar-refractivity contribution in [2.24, 2.45) is 0 Å². The van der Waals surface area contributed by atoms with Crippen molar-refractivity contribution in [1.29, 1.82) is 0 Å². The molecule has 2 aromatic heterocycles. The van der Waals surface area contributed by atoms with Crippen LogP contribution in [0.4, 0.5) is 0 Å². The first-order chi connectivity index (χ1) is 11.7. The number of rotatable bonds is 7. The van der Waals surface area contributed by atoms with Crippen LogP contribution in [0.1, 0.15) is 26.1 Å². The van der Waals surface area contributed by atoms with E-state index in [4.69, 9.17) is 0 Å². The number of carbonyl (C=O) groups is 1. The fourth-order valence-electron chi connectivity index (χ4n) is 2.31. The Hall–Kier alpha value is -2.54. The van der Waals surface area contributed by atoms with Gasteiger partial charge in [0.1, 0.15) is 15.7 Å². The van der Waals surface area contributed by atoms with Crippen LogP contribution in [0.3, 0.4) is 0 Å². The lowest BCUT2D eigenvalue weighted by Gasteiger charge is -2.03. The number of hydrogen-bond donors (Lipinski definition) is 1. The normalized spacial score (nSPS) is 10.7.